The molecule has 0 aliphatic rings. The molecule has 0 fully saturated rings. The third-order valence-electron chi connectivity index (χ3n) is 6.04. The van der Waals surface area contributed by atoms with Gasteiger partial charge in [0.05, 0.1) is 17.3 Å². The van der Waals surface area contributed by atoms with E-state index in [0.717, 1.165) is 23.0 Å². The largest absolute Gasteiger partial charge is 0.434 e. The van der Waals surface area contributed by atoms with Crippen LogP contribution in [-0.4, -0.2) is 28.7 Å². The van der Waals surface area contributed by atoms with Crippen molar-refractivity contribution in [3.63, 3.8) is 0 Å². The second kappa shape index (κ2) is 8.63. The summed E-state index contributed by atoms with van der Waals surface area (Å²) < 4.78 is 44.0. The van der Waals surface area contributed by atoms with Gasteiger partial charge in [0, 0.05) is 31.4 Å². The number of fused-ring (bicyclic) bond motifs is 1. The van der Waals surface area contributed by atoms with Crippen molar-refractivity contribution in [3.8, 4) is 22.8 Å². The maximum Gasteiger partial charge on any atom is 0.434 e. The van der Waals surface area contributed by atoms with Crippen LogP contribution in [0.15, 0.2) is 54.7 Å². The van der Waals surface area contributed by atoms with Gasteiger partial charge in [-0.05, 0) is 24.6 Å². The SMILES string of the molecule is Cc1nc(-c2ccccc2Cl)nc2c1n(C)c(=N)n2Cc1ccc(-c2nc(C(F)(F)F)cn2C)cc1. The van der Waals surface area contributed by atoms with Crippen LogP contribution >= 0.6 is 11.6 Å². The van der Waals surface area contributed by atoms with Crippen LogP contribution in [0, 0.1) is 12.3 Å². The summed E-state index contributed by atoms with van der Waals surface area (Å²) in [5, 5.41) is 9.20. The molecule has 36 heavy (non-hydrogen) atoms. The van der Waals surface area contributed by atoms with Crippen molar-refractivity contribution in [2.75, 3.05) is 0 Å². The van der Waals surface area contributed by atoms with E-state index < -0.39 is 11.9 Å². The van der Waals surface area contributed by atoms with Crippen LogP contribution in [0.2, 0.25) is 5.02 Å². The van der Waals surface area contributed by atoms with E-state index in [2.05, 4.69) is 9.97 Å². The molecule has 0 atom stereocenters. The predicted octanol–water partition coefficient (Wildman–Crippen LogP) is 5.35. The lowest BCUT2D eigenvalue weighted by Gasteiger charge is -2.08. The number of aromatic nitrogens is 6. The Morgan fingerprint density at radius 3 is 2.31 bits per heavy atom. The van der Waals surface area contributed by atoms with Gasteiger partial charge < -0.3 is 9.13 Å². The number of rotatable bonds is 4. The Hall–Kier alpha value is -3.92. The van der Waals surface area contributed by atoms with Crippen molar-refractivity contribution in [1.82, 2.24) is 28.7 Å². The molecule has 0 spiro atoms. The summed E-state index contributed by atoms with van der Waals surface area (Å²) in [6.45, 7) is 2.20. The van der Waals surface area contributed by atoms with Gasteiger partial charge in [-0.2, -0.15) is 13.2 Å². The van der Waals surface area contributed by atoms with Gasteiger partial charge in [0.2, 0.25) is 5.62 Å². The highest BCUT2D eigenvalue weighted by Gasteiger charge is 2.34. The number of hydrogen-bond donors (Lipinski definition) is 1. The molecule has 5 rings (SSSR count). The summed E-state index contributed by atoms with van der Waals surface area (Å²) in [6, 6.07) is 14.4. The standard InChI is InChI=1S/C25H21ClF3N7/c1-14-20-23(33-21(31-14)17-6-4-5-7-18(17)26)36(24(30)35(20)3)12-15-8-10-16(11-9-15)22-32-19(13-34(22)2)25(27,28)29/h4-11,13,30H,12H2,1-3H3. The Kier molecular flexibility index (Phi) is 5.71. The number of aryl methyl sites for hydroxylation is 3. The molecule has 7 nitrogen and oxygen atoms in total. The number of nitrogens with one attached hydrogen (secondary N) is 1. The molecule has 11 heteroatoms. The zero-order chi connectivity index (χ0) is 25.8. The van der Waals surface area contributed by atoms with Gasteiger partial charge in [-0.15, -0.1) is 0 Å². The minimum atomic E-state index is -4.51. The van der Waals surface area contributed by atoms with Gasteiger partial charge in [-0.3, -0.25) is 9.98 Å². The van der Waals surface area contributed by atoms with Gasteiger partial charge in [0.25, 0.3) is 0 Å². The Bertz CT molecular complexity index is 1660. The fourth-order valence-corrected chi connectivity index (χ4v) is 4.47. The monoisotopic (exact) mass is 511 g/mol. The van der Waals surface area contributed by atoms with Crippen LogP contribution in [0.25, 0.3) is 33.9 Å². The van der Waals surface area contributed by atoms with E-state index in [1.165, 1.54) is 11.6 Å². The quantitative estimate of drug-likeness (QED) is 0.353. The minimum Gasteiger partial charge on any atom is -0.333 e. The van der Waals surface area contributed by atoms with Gasteiger partial charge >= 0.3 is 6.18 Å². The molecule has 0 aliphatic carbocycles. The third-order valence-corrected chi connectivity index (χ3v) is 6.37. The maximum atomic E-state index is 13.0. The number of imidazole rings is 2. The molecule has 0 saturated heterocycles. The van der Waals surface area contributed by atoms with Crippen molar-refractivity contribution in [1.29, 1.82) is 5.41 Å². The van der Waals surface area contributed by atoms with E-state index in [-0.39, 0.29) is 11.4 Å². The molecule has 184 valence electrons. The van der Waals surface area contributed by atoms with E-state index in [9.17, 15) is 13.2 Å². The lowest BCUT2D eigenvalue weighted by Crippen LogP contribution is -2.23. The van der Waals surface area contributed by atoms with Crippen molar-refractivity contribution in [3.05, 3.63) is 82.3 Å². The molecule has 3 aromatic heterocycles. The highest BCUT2D eigenvalue weighted by molar-refractivity contribution is 6.33. The first-order valence-corrected chi connectivity index (χ1v) is 11.4. The fraction of sp³-hybridized carbons (Fsp3) is 0.200. The Morgan fingerprint density at radius 1 is 0.972 bits per heavy atom. The summed E-state index contributed by atoms with van der Waals surface area (Å²) >= 11 is 6.37. The lowest BCUT2D eigenvalue weighted by molar-refractivity contribution is -0.140. The van der Waals surface area contributed by atoms with Crippen molar-refractivity contribution in [2.24, 2.45) is 14.1 Å². The van der Waals surface area contributed by atoms with E-state index in [1.807, 2.05) is 37.3 Å². The Labute approximate surface area is 209 Å². The summed E-state index contributed by atoms with van der Waals surface area (Å²) in [6.07, 6.45) is -3.53. The normalized spacial score (nSPS) is 12.0. The zero-order valence-electron chi connectivity index (χ0n) is 19.6. The maximum absolute atomic E-state index is 13.0. The summed E-state index contributed by atoms with van der Waals surface area (Å²) in [4.78, 5) is 13.1. The van der Waals surface area contributed by atoms with Crippen LogP contribution in [-0.2, 0) is 26.8 Å². The summed E-state index contributed by atoms with van der Waals surface area (Å²) in [7, 11) is 3.32. The van der Waals surface area contributed by atoms with Crippen LogP contribution in [0.4, 0.5) is 13.2 Å². The van der Waals surface area contributed by atoms with E-state index >= 15 is 0 Å². The molecule has 2 aromatic carbocycles. The average molecular weight is 512 g/mol. The second-order valence-corrected chi connectivity index (χ2v) is 8.92. The number of nitrogens with zero attached hydrogens (tertiary/aromatic N) is 6. The highest BCUT2D eigenvalue weighted by Crippen LogP contribution is 2.31. The van der Waals surface area contributed by atoms with Crippen molar-refractivity contribution in [2.45, 2.75) is 19.6 Å². The van der Waals surface area contributed by atoms with Gasteiger partial charge in [-0.25, -0.2) is 15.0 Å². The topological polar surface area (TPSA) is 77.3 Å². The zero-order valence-corrected chi connectivity index (χ0v) is 20.4. The van der Waals surface area contributed by atoms with E-state index in [0.29, 0.717) is 34.2 Å². The molecule has 0 radical (unpaired) electrons. The number of benzene rings is 2. The first-order chi connectivity index (χ1) is 17.0. The van der Waals surface area contributed by atoms with Gasteiger partial charge in [0.15, 0.2) is 17.2 Å². The summed E-state index contributed by atoms with van der Waals surface area (Å²) in [5.41, 5.74) is 3.46. The Morgan fingerprint density at radius 2 is 1.67 bits per heavy atom. The summed E-state index contributed by atoms with van der Waals surface area (Å²) in [5.74, 6) is 0.691. The van der Waals surface area contributed by atoms with Crippen LogP contribution in [0.3, 0.4) is 0 Å². The van der Waals surface area contributed by atoms with Crippen molar-refractivity contribution >= 4 is 22.8 Å². The number of alkyl halides is 3. The van der Waals surface area contributed by atoms with Gasteiger partial charge in [-0.1, -0.05) is 48.0 Å². The van der Waals surface area contributed by atoms with Crippen LogP contribution < -0.4 is 5.62 Å². The van der Waals surface area contributed by atoms with Crippen LogP contribution in [0.5, 0.6) is 0 Å². The first kappa shape index (κ1) is 23.8. The van der Waals surface area contributed by atoms with Gasteiger partial charge in [0.1, 0.15) is 11.3 Å². The molecule has 0 aliphatic heterocycles. The predicted molar refractivity (Wildman–Crippen MR) is 130 cm³/mol. The van der Waals surface area contributed by atoms with E-state index in [1.54, 1.807) is 34.4 Å². The molecule has 1 N–H and O–H groups in total. The molecule has 0 unspecified atom stereocenters. The lowest BCUT2D eigenvalue weighted by atomic mass is 10.1. The van der Waals surface area contributed by atoms with Crippen molar-refractivity contribution < 1.29 is 13.2 Å². The molecular formula is C25H21ClF3N7. The molecule has 5 aromatic rings. The molecule has 0 amide bonds. The molecule has 0 saturated carbocycles. The average Bonchev–Trinajstić information content (AvgIpc) is 3.34. The highest BCUT2D eigenvalue weighted by atomic mass is 35.5. The number of halogens is 4. The molecular weight excluding hydrogens is 491 g/mol. The first-order valence-electron chi connectivity index (χ1n) is 11.0. The Balaban J connectivity index is 1.54. The second-order valence-electron chi connectivity index (χ2n) is 8.51. The third kappa shape index (κ3) is 4.07. The molecule has 0 bridgehead atoms. The van der Waals surface area contributed by atoms with Crippen LogP contribution in [0.1, 0.15) is 17.0 Å². The minimum absolute atomic E-state index is 0.223. The fourth-order valence-electron chi connectivity index (χ4n) is 4.25. The smallest absolute Gasteiger partial charge is 0.333 e. The molecule has 3 heterocycles. The van der Waals surface area contributed by atoms with E-state index in [4.69, 9.17) is 22.0 Å². The number of hydrogen-bond acceptors (Lipinski definition) is 4.